The lowest BCUT2D eigenvalue weighted by molar-refractivity contribution is 0.0929. The average Bonchev–Trinajstić information content (AvgIpc) is 2.88. The minimum atomic E-state index is 0.0147. The Bertz CT molecular complexity index is 1370. The molecule has 3 aromatic carbocycles. The average molecular weight is 479 g/mol. The maximum absolute atomic E-state index is 13.7. The summed E-state index contributed by atoms with van der Waals surface area (Å²) in [5.74, 6) is 0.823. The van der Waals surface area contributed by atoms with Crippen LogP contribution in [0.25, 0.3) is 22.2 Å². The molecule has 1 amide bonds. The van der Waals surface area contributed by atoms with Gasteiger partial charge in [0.1, 0.15) is 12.4 Å². The lowest BCUT2D eigenvalue weighted by Gasteiger charge is -2.24. The van der Waals surface area contributed by atoms with E-state index in [-0.39, 0.29) is 11.9 Å². The highest BCUT2D eigenvalue weighted by Gasteiger charge is 2.23. The van der Waals surface area contributed by atoms with Crippen LogP contribution in [-0.2, 0) is 6.61 Å². The fourth-order valence-corrected chi connectivity index (χ4v) is 5.34. The van der Waals surface area contributed by atoms with Crippen LogP contribution in [0.2, 0.25) is 0 Å². The summed E-state index contributed by atoms with van der Waals surface area (Å²) in [6, 6.07) is 22.7. The van der Waals surface area contributed by atoms with E-state index in [9.17, 15) is 4.79 Å². The van der Waals surface area contributed by atoms with Gasteiger partial charge in [-0.15, -0.1) is 0 Å². The molecule has 0 bridgehead atoms. The van der Waals surface area contributed by atoms with Crippen molar-refractivity contribution in [1.29, 1.82) is 0 Å². The normalized spacial score (nSPS) is 14.1. The Morgan fingerprint density at radius 3 is 2.39 bits per heavy atom. The van der Waals surface area contributed by atoms with Crippen molar-refractivity contribution in [3.8, 4) is 17.0 Å². The molecule has 1 heterocycles. The van der Waals surface area contributed by atoms with Crippen molar-refractivity contribution in [2.24, 2.45) is 0 Å². The molecular weight excluding hydrogens is 444 g/mol. The van der Waals surface area contributed by atoms with Crippen LogP contribution in [0, 0.1) is 20.8 Å². The Morgan fingerprint density at radius 2 is 1.67 bits per heavy atom. The number of nitrogens with zero attached hydrogens (tertiary/aromatic N) is 1. The van der Waals surface area contributed by atoms with Crippen molar-refractivity contribution in [3.05, 3.63) is 94.5 Å². The number of nitrogens with one attached hydrogen (secondary N) is 1. The van der Waals surface area contributed by atoms with Gasteiger partial charge in [0.15, 0.2) is 0 Å². The third-order valence-electron chi connectivity index (χ3n) is 7.21. The maximum atomic E-state index is 13.7. The van der Waals surface area contributed by atoms with Crippen molar-refractivity contribution < 1.29 is 9.53 Å². The molecule has 1 saturated carbocycles. The Labute approximate surface area is 213 Å². The Kier molecular flexibility index (Phi) is 7.04. The minimum absolute atomic E-state index is 0.0147. The molecular formula is C32H34N2O2. The van der Waals surface area contributed by atoms with E-state index in [1.165, 1.54) is 19.3 Å². The highest BCUT2D eigenvalue weighted by molar-refractivity contribution is 6.09. The molecule has 0 radical (unpaired) electrons. The first-order valence-corrected chi connectivity index (χ1v) is 13.0. The van der Waals surface area contributed by atoms with Crippen LogP contribution in [0.1, 0.15) is 64.7 Å². The standard InChI is InChI=1S/C32H34N2O2/c1-21-18-22(2)30-28(19-21)29(32(35)33-26-12-8-5-9-13-26)23(3)31(34-30)25-14-16-27(17-15-25)36-20-24-10-6-4-7-11-24/h4,6-7,10-11,14-19,26H,5,8-9,12-13,20H2,1-3H3,(H,33,35). The van der Waals surface area contributed by atoms with E-state index in [2.05, 4.69) is 43.4 Å². The summed E-state index contributed by atoms with van der Waals surface area (Å²) in [5, 5.41) is 4.28. The molecule has 0 saturated heterocycles. The molecule has 4 aromatic rings. The predicted molar refractivity (Wildman–Crippen MR) is 147 cm³/mol. The number of fused-ring (bicyclic) bond motifs is 1. The molecule has 0 unspecified atom stereocenters. The van der Waals surface area contributed by atoms with E-state index >= 15 is 0 Å². The number of aromatic nitrogens is 1. The SMILES string of the molecule is Cc1cc(C)c2nc(-c3ccc(OCc4ccccc4)cc3)c(C)c(C(=O)NC3CCCCC3)c2c1. The lowest BCUT2D eigenvalue weighted by Crippen LogP contribution is -2.36. The second kappa shape index (κ2) is 10.5. The zero-order valence-electron chi connectivity index (χ0n) is 21.4. The van der Waals surface area contributed by atoms with E-state index in [0.717, 1.165) is 68.6 Å². The van der Waals surface area contributed by atoms with Crippen LogP contribution in [0.4, 0.5) is 0 Å². The quantitative estimate of drug-likeness (QED) is 0.313. The highest BCUT2D eigenvalue weighted by atomic mass is 16.5. The molecule has 1 aliphatic rings. The third kappa shape index (κ3) is 5.13. The van der Waals surface area contributed by atoms with E-state index in [0.29, 0.717) is 6.61 Å². The van der Waals surface area contributed by atoms with Crippen LogP contribution < -0.4 is 10.1 Å². The van der Waals surface area contributed by atoms with Crippen LogP contribution in [-0.4, -0.2) is 16.9 Å². The monoisotopic (exact) mass is 478 g/mol. The Balaban J connectivity index is 1.50. The van der Waals surface area contributed by atoms with Crippen LogP contribution in [0.5, 0.6) is 5.75 Å². The van der Waals surface area contributed by atoms with Gasteiger partial charge >= 0.3 is 0 Å². The van der Waals surface area contributed by atoms with Gasteiger partial charge in [-0.3, -0.25) is 4.79 Å². The zero-order chi connectivity index (χ0) is 25.1. The molecule has 0 spiro atoms. The van der Waals surface area contributed by atoms with Crippen molar-refractivity contribution in [2.75, 3.05) is 0 Å². The Hall–Kier alpha value is -3.66. The number of rotatable bonds is 6. The predicted octanol–water partition coefficient (Wildman–Crippen LogP) is 7.47. The molecule has 1 fully saturated rings. The number of benzene rings is 3. The number of pyridine rings is 1. The fourth-order valence-electron chi connectivity index (χ4n) is 5.34. The Morgan fingerprint density at radius 1 is 0.944 bits per heavy atom. The van der Waals surface area contributed by atoms with Gasteiger partial charge in [0.25, 0.3) is 5.91 Å². The third-order valence-corrected chi connectivity index (χ3v) is 7.21. The topological polar surface area (TPSA) is 51.2 Å². The summed E-state index contributed by atoms with van der Waals surface area (Å²) in [6.07, 6.45) is 5.75. The van der Waals surface area contributed by atoms with Gasteiger partial charge in [-0.25, -0.2) is 4.98 Å². The molecule has 184 valence electrons. The summed E-state index contributed by atoms with van der Waals surface area (Å²) in [6.45, 7) is 6.70. The van der Waals surface area contributed by atoms with Crippen LogP contribution in [0.15, 0.2) is 66.7 Å². The highest BCUT2D eigenvalue weighted by Crippen LogP contribution is 2.33. The largest absolute Gasteiger partial charge is 0.489 e. The number of carbonyl (C=O) groups excluding carboxylic acids is 1. The number of hydrogen-bond donors (Lipinski definition) is 1. The smallest absolute Gasteiger partial charge is 0.252 e. The summed E-state index contributed by atoms with van der Waals surface area (Å²) in [7, 11) is 0. The fraction of sp³-hybridized carbons (Fsp3) is 0.312. The van der Waals surface area contributed by atoms with Gasteiger partial charge in [-0.1, -0.05) is 61.2 Å². The number of hydrogen-bond acceptors (Lipinski definition) is 3. The molecule has 5 rings (SSSR count). The van der Waals surface area contributed by atoms with E-state index < -0.39 is 0 Å². The van der Waals surface area contributed by atoms with Gasteiger partial charge < -0.3 is 10.1 Å². The van der Waals surface area contributed by atoms with Gasteiger partial charge in [-0.2, -0.15) is 0 Å². The minimum Gasteiger partial charge on any atom is -0.489 e. The first-order valence-electron chi connectivity index (χ1n) is 13.0. The van der Waals surface area contributed by atoms with Gasteiger partial charge in [0.2, 0.25) is 0 Å². The molecule has 1 aliphatic carbocycles. The number of carbonyl (C=O) groups is 1. The number of aryl methyl sites for hydroxylation is 2. The van der Waals surface area contributed by atoms with Crippen molar-refractivity contribution >= 4 is 16.8 Å². The molecule has 36 heavy (non-hydrogen) atoms. The number of ether oxygens (including phenoxy) is 1. The van der Waals surface area contributed by atoms with Gasteiger partial charge in [0.05, 0.1) is 16.8 Å². The number of amides is 1. The first kappa shape index (κ1) is 24.1. The lowest BCUT2D eigenvalue weighted by atomic mass is 9.92. The second-order valence-electron chi connectivity index (χ2n) is 10.0. The molecule has 0 atom stereocenters. The summed E-state index contributed by atoms with van der Waals surface area (Å²) in [4.78, 5) is 18.7. The van der Waals surface area contributed by atoms with Crippen LogP contribution in [0.3, 0.4) is 0 Å². The zero-order valence-corrected chi connectivity index (χ0v) is 21.4. The summed E-state index contributed by atoms with van der Waals surface area (Å²) < 4.78 is 5.98. The van der Waals surface area contributed by atoms with Gasteiger partial charge in [-0.05, 0) is 80.6 Å². The molecule has 0 aliphatic heterocycles. The molecule has 4 heteroatoms. The van der Waals surface area contributed by atoms with Crippen molar-refractivity contribution in [2.45, 2.75) is 65.5 Å². The molecule has 4 nitrogen and oxygen atoms in total. The van der Waals surface area contributed by atoms with Crippen LogP contribution >= 0.6 is 0 Å². The maximum Gasteiger partial charge on any atom is 0.252 e. The van der Waals surface area contributed by atoms with Crippen molar-refractivity contribution in [1.82, 2.24) is 10.3 Å². The van der Waals surface area contributed by atoms with E-state index in [1.54, 1.807) is 0 Å². The molecule has 1 N–H and O–H groups in total. The van der Waals surface area contributed by atoms with Gasteiger partial charge in [0, 0.05) is 17.0 Å². The second-order valence-corrected chi connectivity index (χ2v) is 10.0. The van der Waals surface area contributed by atoms with E-state index in [4.69, 9.17) is 9.72 Å². The summed E-state index contributed by atoms with van der Waals surface area (Å²) >= 11 is 0. The van der Waals surface area contributed by atoms with Crippen molar-refractivity contribution in [3.63, 3.8) is 0 Å². The first-order chi connectivity index (χ1) is 17.5. The van der Waals surface area contributed by atoms with E-state index in [1.807, 2.05) is 49.4 Å². The molecule has 1 aromatic heterocycles. The summed E-state index contributed by atoms with van der Waals surface area (Å²) in [5.41, 5.74) is 7.73.